The maximum atomic E-state index is 2.36. The molecule has 1 rings (SSSR count). The van der Waals surface area contributed by atoms with Crippen molar-refractivity contribution in [3.05, 3.63) is 22.2 Å². The van der Waals surface area contributed by atoms with Gasteiger partial charge in [0, 0.05) is 0 Å². The maximum absolute atomic E-state index is 2.36. The Morgan fingerprint density at radius 1 is 1.18 bits per heavy atom. The Hall–Kier alpha value is 1.33. The first-order chi connectivity index (χ1) is 3.43. The van der Waals surface area contributed by atoms with Gasteiger partial charge in [-0.1, -0.05) is 0 Å². The van der Waals surface area contributed by atoms with Crippen molar-refractivity contribution in [1.82, 2.24) is 0 Å². The van der Waals surface area contributed by atoms with Gasteiger partial charge in [0.25, 0.3) is 0 Å². The molecule has 0 aromatic rings. The Morgan fingerprint density at radius 3 is 1.91 bits per heavy atom. The second-order valence-corrected chi connectivity index (χ2v) is 4.82. The van der Waals surface area contributed by atoms with Gasteiger partial charge in [-0.15, -0.1) is 49.6 Å². The Bertz CT molecular complexity index is 122. The van der Waals surface area contributed by atoms with Crippen LogP contribution in [0.15, 0.2) is 22.2 Å². The van der Waals surface area contributed by atoms with Crippen molar-refractivity contribution in [2.75, 3.05) is 0 Å². The number of halogens is 4. The van der Waals surface area contributed by atoms with Crippen molar-refractivity contribution in [2.24, 2.45) is 0 Å². The monoisotopic (exact) mass is 408 g/mol. The fourth-order valence-corrected chi connectivity index (χ4v) is 2.29. The predicted molar refractivity (Wildman–Crippen MR) is 56.7 cm³/mol. The molecule has 0 atom stereocenters. The van der Waals surface area contributed by atoms with Crippen LogP contribution in [0, 0.1) is 0 Å². The number of rotatable bonds is 1. The van der Waals surface area contributed by atoms with Crippen molar-refractivity contribution in [3.63, 3.8) is 0 Å². The van der Waals surface area contributed by atoms with Gasteiger partial charge in [-0.25, -0.2) is 0 Å². The number of hydrogen-bond acceptors (Lipinski definition) is 0. The summed E-state index contributed by atoms with van der Waals surface area (Å²) in [5.74, 6) is 0. The first-order valence-corrected chi connectivity index (χ1v) is 6.73. The first-order valence-electron chi connectivity index (χ1n) is 2.33. The van der Waals surface area contributed by atoms with Gasteiger partial charge in [0.05, 0.1) is 0 Å². The summed E-state index contributed by atoms with van der Waals surface area (Å²) in [4.78, 5) is 0. The van der Waals surface area contributed by atoms with E-state index in [9.17, 15) is 0 Å². The van der Waals surface area contributed by atoms with Crippen LogP contribution in [0.3, 0.4) is 0 Å². The molecule has 0 amide bonds. The molecule has 0 fully saturated rings. The van der Waals surface area contributed by atoms with Gasteiger partial charge in [-0.3, -0.25) is 0 Å². The molecule has 70 valence electrons. The third-order valence-corrected chi connectivity index (χ3v) is 3.97. The third-order valence-electron chi connectivity index (χ3n) is 0.999. The van der Waals surface area contributed by atoms with Crippen LogP contribution in [-0.2, 0) is 18.6 Å². The van der Waals surface area contributed by atoms with Gasteiger partial charge in [-0.2, -0.15) is 0 Å². The molecule has 0 aliphatic heterocycles. The average Bonchev–Trinajstić information content (AvgIpc) is 2.14. The summed E-state index contributed by atoms with van der Waals surface area (Å²) >= 11 is -0.0162. The molecular formula is C6H12Cl4W. The molecule has 0 radical (unpaired) electrons. The summed E-state index contributed by atoms with van der Waals surface area (Å²) in [6.07, 6.45) is 7.93. The molecule has 0 bridgehead atoms. The summed E-state index contributed by atoms with van der Waals surface area (Å²) in [7, 11) is 0. The summed E-state index contributed by atoms with van der Waals surface area (Å²) in [6.45, 7) is 0. The quantitative estimate of drug-likeness (QED) is 0.620. The van der Waals surface area contributed by atoms with Crippen molar-refractivity contribution >= 4 is 49.6 Å². The van der Waals surface area contributed by atoms with E-state index >= 15 is 0 Å². The van der Waals surface area contributed by atoms with Crippen molar-refractivity contribution in [2.45, 2.75) is 11.7 Å². The minimum absolute atomic E-state index is 0. The van der Waals surface area contributed by atoms with E-state index in [2.05, 4.69) is 23.5 Å². The predicted octanol–water partition coefficient (Wildman–Crippen LogP) is 3.65. The van der Waals surface area contributed by atoms with Crippen LogP contribution in [0.5, 0.6) is 0 Å². The van der Waals surface area contributed by atoms with Gasteiger partial charge < -0.3 is 0 Å². The Morgan fingerprint density at radius 2 is 1.73 bits per heavy atom. The Labute approximate surface area is 101 Å². The van der Waals surface area contributed by atoms with E-state index in [-0.39, 0.29) is 68.2 Å². The molecule has 1 aliphatic rings. The molecule has 0 nitrogen and oxygen atoms in total. The summed E-state index contributed by atoms with van der Waals surface area (Å²) in [6, 6.07) is 0. The molecule has 5 heteroatoms. The molecule has 11 heavy (non-hydrogen) atoms. The van der Waals surface area contributed by atoms with Gasteiger partial charge in [0.2, 0.25) is 0 Å². The second-order valence-electron chi connectivity index (χ2n) is 1.47. The molecule has 0 N–H and O–H groups in total. The van der Waals surface area contributed by atoms with Crippen LogP contribution in [0.2, 0.25) is 5.31 Å². The van der Waals surface area contributed by atoms with Crippen molar-refractivity contribution in [1.29, 1.82) is 0 Å². The molecule has 1 aliphatic carbocycles. The van der Waals surface area contributed by atoms with Gasteiger partial charge in [0.1, 0.15) is 0 Å². The fourth-order valence-electron chi connectivity index (χ4n) is 0.579. The number of hydrogen-bond donors (Lipinski definition) is 0. The Kier molecular flexibility index (Phi) is 28.8. The molecular weight excluding hydrogens is 398 g/mol. The van der Waals surface area contributed by atoms with E-state index in [1.807, 2.05) is 0 Å². The van der Waals surface area contributed by atoms with Crippen molar-refractivity contribution < 1.29 is 18.6 Å². The molecule has 0 saturated carbocycles. The SMILES string of the molecule is Cl.Cl.Cl.Cl.[CH3][W][C]1=CC=CC1. The fraction of sp³-hybridized carbons (Fsp3) is 0.333. The molecule has 0 heterocycles. The van der Waals surface area contributed by atoms with Gasteiger partial charge in [0.15, 0.2) is 0 Å². The van der Waals surface area contributed by atoms with E-state index in [1.54, 1.807) is 3.96 Å². The van der Waals surface area contributed by atoms with E-state index in [0.717, 1.165) is 0 Å². The van der Waals surface area contributed by atoms with Gasteiger partial charge in [-0.05, 0) is 0 Å². The standard InChI is InChI=1S/C5H5.CH3.4ClH.W/c1-2-4-5-3-1;;;;;;/h1-3H,4H2;1H3;4*1H;. The van der Waals surface area contributed by atoms with Crippen molar-refractivity contribution in [3.8, 4) is 0 Å². The molecule has 0 aromatic carbocycles. The zero-order chi connectivity index (χ0) is 5.11. The zero-order valence-corrected chi connectivity index (χ0v) is 12.2. The van der Waals surface area contributed by atoms with Crippen LogP contribution in [-0.4, -0.2) is 0 Å². The molecule has 0 saturated heterocycles. The van der Waals surface area contributed by atoms with E-state index in [0.29, 0.717) is 0 Å². The van der Waals surface area contributed by atoms with Crippen LogP contribution in [0.25, 0.3) is 0 Å². The van der Waals surface area contributed by atoms with Crippen LogP contribution >= 0.6 is 49.6 Å². The minimum atomic E-state index is -0.0162. The van der Waals surface area contributed by atoms with Gasteiger partial charge >= 0.3 is 52.5 Å². The first kappa shape index (κ1) is 22.8. The van der Waals surface area contributed by atoms with Crippen LogP contribution in [0.1, 0.15) is 6.42 Å². The summed E-state index contributed by atoms with van der Waals surface area (Å²) in [5, 5.41) is 2.36. The normalized spacial score (nSPS) is 11.2. The summed E-state index contributed by atoms with van der Waals surface area (Å²) in [5.41, 5.74) is 0. The van der Waals surface area contributed by atoms with E-state index in [4.69, 9.17) is 0 Å². The van der Waals surface area contributed by atoms with E-state index < -0.39 is 0 Å². The topological polar surface area (TPSA) is 0 Å². The van der Waals surface area contributed by atoms with Crippen LogP contribution < -0.4 is 0 Å². The second kappa shape index (κ2) is 13.9. The van der Waals surface area contributed by atoms with E-state index in [1.165, 1.54) is 6.42 Å². The Balaban J connectivity index is -0.0000000612. The summed E-state index contributed by atoms with van der Waals surface area (Å²) < 4.78 is 1.72. The number of allylic oxidation sites excluding steroid dienone is 4. The zero-order valence-electron chi connectivity index (χ0n) is 5.98. The average molecular weight is 410 g/mol. The molecule has 0 unspecified atom stereocenters. The van der Waals surface area contributed by atoms with Crippen LogP contribution in [0.4, 0.5) is 0 Å². The molecule has 0 aromatic heterocycles. The third kappa shape index (κ3) is 9.24. The molecule has 0 spiro atoms.